The van der Waals surface area contributed by atoms with Gasteiger partial charge in [-0.1, -0.05) is 12.8 Å². The van der Waals surface area contributed by atoms with Crippen molar-refractivity contribution in [1.29, 1.82) is 0 Å². The molecule has 27 heavy (non-hydrogen) atoms. The van der Waals surface area contributed by atoms with E-state index < -0.39 is 0 Å². The minimum Gasteiger partial charge on any atom is -0.469 e. The van der Waals surface area contributed by atoms with Crippen molar-refractivity contribution in [3.05, 3.63) is 24.2 Å². The first kappa shape index (κ1) is 21.3. The maximum absolute atomic E-state index is 6.17. The maximum atomic E-state index is 6.17. The average molecular weight is 505 g/mol. The molecule has 2 unspecified atom stereocenters. The zero-order valence-corrected chi connectivity index (χ0v) is 19.1. The van der Waals surface area contributed by atoms with E-state index in [0.29, 0.717) is 12.1 Å². The van der Waals surface area contributed by atoms with Gasteiger partial charge in [-0.05, 0) is 50.0 Å². The normalized spacial score (nSPS) is 29.0. The summed E-state index contributed by atoms with van der Waals surface area (Å²) in [6.07, 6.45) is 11.1. The Balaban J connectivity index is 0.00000210. The summed E-state index contributed by atoms with van der Waals surface area (Å²) in [6, 6.07) is 4.99. The molecular weight excluding hydrogens is 473 g/mol. The van der Waals surface area contributed by atoms with E-state index in [1.165, 1.54) is 37.9 Å². The van der Waals surface area contributed by atoms with Crippen molar-refractivity contribution < 1.29 is 9.15 Å². The van der Waals surface area contributed by atoms with Crippen LogP contribution < -0.4 is 10.6 Å². The van der Waals surface area contributed by atoms with Crippen molar-refractivity contribution in [3.63, 3.8) is 0 Å². The van der Waals surface area contributed by atoms with Crippen molar-refractivity contribution in [3.8, 4) is 0 Å². The molecule has 0 aromatic carbocycles. The quantitative estimate of drug-likeness (QED) is 0.361. The highest BCUT2D eigenvalue weighted by Crippen LogP contribution is 2.38. The molecule has 3 heterocycles. The summed E-state index contributed by atoms with van der Waals surface area (Å²) in [5.74, 6) is 4.36. The number of aliphatic imine (C=N–C) groups is 1. The predicted octanol–water partition coefficient (Wildman–Crippen LogP) is 3.97. The van der Waals surface area contributed by atoms with Gasteiger partial charge >= 0.3 is 0 Å². The van der Waals surface area contributed by atoms with Crippen molar-refractivity contribution in [2.24, 2.45) is 4.99 Å². The van der Waals surface area contributed by atoms with Crippen LogP contribution >= 0.6 is 35.7 Å². The summed E-state index contributed by atoms with van der Waals surface area (Å²) in [5, 5.41) is 7.42. The minimum atomic E-state index is 0. The molecule has 7 heteroatoms. The molecule has 2 N–H and O–H groups in total. The Morgan fingerprint density at radius 1 is 1.22 bits per heavy atom. The molecule has 4 rings (SSSR count). The molecule has 1 aromatic heterocycles. The third kappa shape index (κ3) is 6.03. The smallest absolute Gasteiger partial charge is 0.191 e. The Hall–Kier alpha value is -0.410. The zero-order chi connectivity index (χ0) is 17.7. The molecular formula is C20H32IN3O2S. The highest BCUT2D eigenvalue weighted by Gasteiger charge is 2.40. The monoisotopic (exact) mass is 505 g/mol. The van der Waals surface area contributed by atoms with Crippen molar-refractivity contribution in [1.82, 2.24) is 10.6 Å². The Morgan fingerprint density at radius 3 is 2.81 bits per heavy atom. The molecule has 0 amide bonds. The molecule has 152 valence electrons. The first-order chi connectivity index (χ1) is 12.8. The summed E-state index contributed by atoms with van der Waals surface area (Å²) in [4.78, 5) is 4.86. The number of nitrogens with one attached hydrogen (secondary N) is 2. The van der Waals surface area contributed by atoms with Crippen LogP contribution in [0.4, 0.5) is 0 Å². The number of hydrogen-bond donors (Lipinski definition) is 2. The Labute approximate surface area is 183 Å². The van der Waals surface area contributed by atoms with E-state index in [4.69, 9.17) is 14.1 Å². The van der Waals surface area contributed by atoms with E-state index in [9.17, 15) is 0 Å². The van der Waals surface area contributed by atoms with E-state index >= 15 is 0 Å². The van der Waals surface area contributed by atoms with E-state index in [-0.39, 0.29) is 29.6 Å². The molecule has 3 fully saturated rings. The summed E-state index contributed by atoms with van der Waals surface area (Å²) in [7, 11) is 0. The third-order valence-corrected chi connectivity index (χ3v) is 7.03. The van der Waals surface area contributed by atoms with Crippen molar-refractivity contribution in [2.45, 2.75) is 69.1 Å². The van der Waals surface area contributed by atoms with E-state index in [1.807, 2.05) is 23.9 Å². The minimum absolute atomic E-state index is 0. The molecule has 1 saturated carbocycles. The second-order valence-corrected chi connectivity index (χ2v) is 8.96. The fraction of sp³-hybridized carbons (Fsp3) is 0.750. The van der Waals surface area contributed by atoms with Crippen LogP contribution in [0.3, 0.4) is 0 Å². The van der Waals surface area contributed by atoms with Gasteiger partial charge in [0.05, 0.1) is 11.9 Å². The van der Waals surface area contributed by atoms with Gasteiger partial charge in [0.1, 0.15) is 5.76 Å². The van der Waals surface area contributed by atoms with E-state index in [1.54, 1.807) is 6.26 Å². The summed E-state index contributed by atoms with van der Waals surface area (Å²) in [5.41, 5.74) is 0.104. The lowest BCUT2D eigenvalue weighted by molar-refractivity contribution is -0.0679. The average Bonchev–Trinajstić information content (AvgIpc) is 3.39. The van der Waals surface area contributed by atoms with E-state index in [0.717, 1.165) is 49.9 Å². The van der Waals surface area contributed by atoms with Crippen molar-refractivity contribution >= 4 is 41.7 Å². The summed E-state index contributed by atoms with van der Waals surface area (Å²) >= 11 is 2.03. The molecule has 2 aliphatic heterocycles. The van der Waals surface area contributed by atoms with Crippen molar-refractivity contribution in [2.75, 3.05) is 24.7 Å². The number of ether oxygens (including phenoxy) is 1. The Morgan fingerprint density at radius 2 is 2.07 bits per heavy atom. The molecule has 2 saturated heterocycles. The standard InChI is InChI=1S/C20H31N3O2S.HI/c1-2-5-16(4-1)22-19(21-10-7-18-6-3-11-24-18)23-17-8-12-25-20(14-17)9-13-26-15-20;/h3,6,11,16-17H,1-2,4-5,7-10,12-15H2,(H2,21,22,23);1H. The van der Waals surface area contributed by atoms with Crippen LogP contribution in [0.5, 0.6) is 0 Å². The van der Waals surface area contributed by atoms with Crippen LogP contribution in [-0.2, 0) is 11.2 Å². The van der Waals surface area contributed by atoms with Crippen LogP contribution in [0.15, 0.2) is 27.8 Å². The predicted molar refractivity (Wildman–Crippen MR) is 122 cm³/mol. The lowest BCUT2D eigenvalue weighted by atomic mass is 9.90. The largest absolute Gasteiger partial charge is 0.469 e. The summed E-state index contributed by atoms with van der Waals surface area (Å²) in [6.45, 7) is 1.61. The Bertz CT molecular complexity index is 584. The molecule has 3 aliphatic rings. The highest BCUT2D eigenvalue weighted by molar-refractivity contribution is 14.0. The lowest BCUT2D eigenvalue weighted by Gasteiger charge is -2.38. The van der Waals surface area contributed by atoms with Gasteiger partial charge in [0.15, 0.2) is 5.96 Å². The molecule has 0 radical (unpaired) electrons. The number of rotatable bonds is 5. The third-order valence-electron chi connectivity index (χ3n) is 5.81. The van der Waals surface area contributed by atoms with Gasteiger partial charge in [-0.15, -0.1) is 24.0 Å². The number of hydrogen-bond acceptors (Lipinski definition) is 4. The lowest BCUT2D eigenvalue weighted by Crippen LogP contribution is -2.53. The Kier molecular flexibility index (Phi) is 8.20. The van der Waals surface area contributed by atoms with Gasteiger partial charge < -0.3 is 19.8 Å². The summed E-state index contributed by atoms with van der Waals surface area (Å²) < 4.78 is 11.6. The molecule has 1 aliphatic carbocycles. The number of guanidine groups is 1. The SMILES string of the molecule is I.c1coc(CCN=C(NC2CCCC2)NC2CCOC3(CCSC3)C2)c1. The van der Waals surface area contributed by atoms with Crippen LogP contribution in [0.2, 0.25) is 0 Å². The fourth-order valence-electron chi connectivity index (χ4n) is 4.34. The second kappa shape index (κ2) is 10.4. The molecule has 0 bridgehead atoms. The van der Waals surface area contributed by atoms with Crippen LogP contribution in [0.1, 0.15) is 50.7 Å². The number of nitrogens with zero attached hydrogens (tertiary/aromatic N) is 1. The number of thioether (sulfide) groups is 1. The van der Waals surface area contributed by atoms with Gasteiger partial charge in [-0.3, -0.25) is 4.99 Å². The van der Waals surface area contributed by atoms with Crippen LogP contribution in [0.25, 0.3) is 0 Å². The zero-order valence-electron chi connectivity index (χ0n) is 16.0. The second-order valence-electron chi connectivity index (χ2n) is 7.85. The number of halogens is 1. The molecule has 5 nitrogen and oxygen atoms in total. The van der Waals surface area contributed by atoms with Crippen LogP contribution in [0, 0.1) is 0 Å². The molecule has 2 atom stereocenters. The first-order valence-electron chi connectivity index (χ1n) is 10.1. The fourth-order valence-corrected chi connectivity index (χ4v) is 5.72. The first-order valence-corrected chi connectivity index (χ1v) is 11.3. The van der Waals surface area contributed by atoms with Gasteiger partial charge in [0.2, 0.25) is 0 Å². The van der Waals surface area contributed by atoms with Gasteiger partial charge in [0, 0.05) is 37.4 Å². The van der Waals surface area contributed by atoms with Gasteiger partial charge in [-0.2, -0.15) is 11.8 Å². The topological polar surface area (TPSA) is 58.8 Å². The van der Waals surface area contributed by atoms with Crippen LogP contribution in [-0.4, -0.2) is 48.3 Å². The number of furan rings is 1. The van der Waals surface area contributed by atoms with Gasteiger partial charge in [0.25, 0.3) is 0 Å². The molecule has 1 aromatic rings. The van der Waals surface area contributed by atoms with E-state index in [2.05, 4.69) is 10.6 Å². The maximum Gasteiger partial charge on any atom is 0.191 e. The van der Waals surface area contributed by atoms with Gasteiger partial charge in [-0.25, -0.2) is 0 Å². The highest BCUT2D eigenvalue weighted by atomic mass is 127. The molecule has 1 spiro atoms.